The summed E-state index contributed by atoms with van der Waals surface area (Å²) in [5.41, 5.74) is 0. The highest BCUT2D eigenvalue weighted by Crippen LogP contribution is 1.99. The molecule has 2 nitrogen and oxygen atoms in total. The third kappa shape index (κ3) is 4.01. The molecule has 1 heterocycles. The van der Waals surface area contributed by atoms with Gasteiger partial charge in [-0.1, -0.05) is 5.92 Å². The Kier molecular flexibility index (Phi) is 5.25. The van der Waals surface area contributed by atoms with Crippen LogP contribution in [0.4, 0.5) is 0 Å². The van der Waals surface area contributed by atoms with Gasteiger partial charge in [0.1, 0.15) is 0 Å². The number of nitrogens with one attached hydrogen (secondary N) is 2. The van der Waals surface area contributed by atoms with E-state index in [2.05, 4.69) is 16.6 Å². The maximum Gasteiger partial charge on any atom is 0.0545 e. The number of thioether (sulfide) groups is 1. The quantitative estimate of drug-likeness (QED) is 0.475. The summed E-state index contributed by atoms with van der Waals surface area (Å²) < 4.78 is 0. The summed E-state index contributed by atoms with van der Waals surface area (Å²) in [4.78, 5) is 0. The average molecular weight is 184 g/mol. The van der Waals surface area contributed by atoms with Crippen LogP contribution in [0.15, 0.2) is 0 Å². The van der Waals surface area contributed by atoms with Crippen molar-refractivity contribution in [3.8, 4) is 12.3 Å². The van der Waals surface area contributed by atoms with E-state index in [1.54, 1.807) is 0 Å². The van der Waals surface area contributed by atoms with E-state index in [0.29, 0.717) is 6.04 Å². The summed E-state index contributed by atoms with van der Waals surface area (Å²) >= 11 is 1.82. The van der Waals surface area contributed by atoms with Crippen LogP contribution in [0.25, 0.3) is 0 Å². The molecule has 1 saturated heterocycles. The molecule has 0 radical (unpaired) electrons. The van der Waals surface area contributed by atoms with Crippen LogP contribution < -0.4 is 10.6 Å². The number of hydrogen-bond acceptors (Lipinski definition) is 3. The van der Waals surface area contributed by atoms with Crippen LogP contribution >= 0.6 is 11.8 Å². The number of rotatable bonds is 5. The lowest BCUT2D eigenvalue weighted by Crippen LogP contribution is -2.32. The minimum atomic E-state index is 0.691. The summed E-state index contributed by atoms with van der Waals surface area (Å²) in [6, 6.07) is 0.691. The first-order valence-electron chi connectivity index (χ1n) is 4.39. The molecule has 0 saturated carbocycles. The average Bonchev–Trinajstić information content (AvgIpc) is 2.57. The molecule has 0 amide bonds. The Morgan fingerprint density at radius 1 is 1.67 bits per heavy atom. The molecule has 1 fully saturated rings. The third-order valence-electron chi connectivity index (χ3n) is 1.93. The van der Waals surface area contributed by atoms with Crippen LogP contribution in [0.2, 0.25) is 0 Å². The van der Waals surface area contributed by atoms with Gasteiger partial charge in [0.05, 0.1) is 5.75 Å². The van der Waals surface area contributed by atoms with E-state index in [0.717, 1.165) is 31.1 Å². The van der Waals surface area contributed by atoms with Gasteiger partial charge < -0.3 is 10.6 Å². The Hall–Kier alpha value is -0.170. The summed E-state index contributed by atoms with van der Waals surface area (Å²) in [6.45, 7) is 3.37. The maximum absolute atomic E-state index is 5.13. The van der Waals surface area contributed by atoms with E-state index in [1.165, 1.54) is 6.42 Å². The Labute approximate surface area is 78.9 Å². The molecule has 3 heteroatoms. The summed E-state index contributed by atoms with van der Waals surface area (Å²) in [5, 5.41) is 6.81. The molecule has 0 aromatic heterocycles. The van der Waals surface area contributed by atoms with Crippen LogP contribution in [0.1, 0.15) is 6.42 Å². The first-order chi connectivity index (χ1) is 5.93. The number of hydrogen-bond donors (Lipinski definition) is 2. The standard InChI is InChI=1S/C9H16N2S/c1-2-6-12-7-5-11-9-3-4-10-8-9/h1,9-11H,3-8H2. The fraction of sp³-hybridized carbons (Fsp3) is 0.778. The Balaban J connectivity index is 1.85. The number of terminal acetylenes is 1. The van der Waals surface area contributed by atoms with Crippen LogP contribution in [0, 0.1) is 12.3 Å². The van der Waals surface area contributed by atoms with Gasteiger partial charge in [0, 0.05) is 24.9 Å². The molecule has 0 aromatic carbocycles. The van der Waals surface area contributed by atoms with Gasteiger partial charge in [-0.3, -0.25) is 0 Å². The van der Waals surface area contributed by atoms with Crippen molar-refractivity contribution in [1.29, 1.82) is 0 Å². The second-order valence-corrected chi connectivity index (χ2v) is 4.01. The minimum Gasteiger partial charge on any atom is -0.315 e. The van der Waals surface area contributed by atoms with Crippen molar-refractivity contribution in [3.05, 3.63) is 0 Å². The van der Waals surface area contributed by atoms with E-state index in [-0.39, 0.29) is 0 Å². The van der Waals surface area contributed by atoms with E-state index >= 15 is 0 Å². The molecule has 0 spiro atoms. The maximum atomic E-state index is 5.13. The molecule has 0 bridgehead atoms. The van der Waals surface area contributed by atoms with Crippen molar-refractivity contribution >= 4 is 11.8 Å². The fourth-order valence-electron chi connectivity index (χ4n) is 1.30. The zero-order chi connectivity index (χ0) is 8.65. The lowest BCUT2D eigenvalue weighted by atomic mass is 10.3. The van der Waals surface area contributed by atoms with Crippen molar-refractivity contribution < 1.29 is 0 Å². The Morgan fingerprint density at radius 3 is 3.25 bits per heavy atom. The zero-order valence-corrected chi connectivity index (χ0v) is 8.12. The van der Waals surface area contributed by atoms with Gasteiger partial charge >= 0.3 is 0 Å². The van der Waals surface area contributed by atoms with Crippen molar-refractivity contribution in [2.75, 3.05) is 31.1 Å². The van der Waals surface area contributed by atoms with E-state index < -0.39 is 0 Å². The van der Waals surface area contributed by atoms with E-state index in [9.17, 15) is 0 Å². The topological polar surface area (TPSA) is 24.1 Å². The molecule has 1 unspecified atom stereocenters. The van der Waals surface area contributed by atoms with E-state index in [4.69, 9.17) is 6.42 Å². The molecule has 12 heavy (non-hydrogen) atoms. The monoisotopic (exact) mass is 184 g/mol. The smallest absolute Gasteiger partial charge is 0.0545 e. The molecule has 1 aliphatic rings. The van der Waals surface area contributed by atoms with Crippen LogP contribution in [-0.4, -0.2) is 37.2 Å². The van der Waals surface area contributed by atoms with Crippen molar-refractivity contribution in [2.24, 2.45) is 0 Å². The predicted molar refractivity (Wildman–Crippen MR) is 55.4 cm³/mol. The third-order valence-corrected chi connectivity index (χ3v) is 2.79. The second kappa shape index (κ2) is 6.36. The summed E-state index contributed by atoms with van der Waals surface area (Å²) in [7, 11) is 0. The van der Waals surface area contributed by atoms with Crippen molar-refractivity contribution in [1.82, 2.24) is 10.6 Å². The molecule has 1 rings (SSSR count). The van der Waals surface area contributed by atoms with Crippen LogP contribution in [0.5, 0.6) is 0 Å². The minimum absolute atomic E-state index is 0.691. The van der Waals surface area contributed by atoms with Gasteiger partial charge in [0.15, 0.2) is 0 Å². The van der Waals surface area contributed by atoms with Gasteiger partial charge in [0.2, 0.25) is 0 Å². The lowest BCUT2D eigenvalue weighted by molar-refractivity contribution is 0.570. The van der Waals surface area contributed by atoms with Gasteiger partial charge in [-0.2, -0.15) is 0 Å². The second-order valence-electron chi connectivity index (χ2n) is 2.90. The van der Waals surface area contributed by atoms with Gasteiger partial charge in [0.25, 0.3) is 0 Å². The molecule has 1 atom stereocenters. The first-order valence-corrected chi connectivity index (χ1v) is 5.54. The molecule has 1 aliphatic heterocycles. The lowest BCUT2D eigenvalue weighted by Gasteiger charge is -2.09. The van der Waals surface area contributed by atoms with Gasteiger partial charge in [-0.05, 0) is 13.0 Å². The molecular weight excluding hydrogens is 168 g/mol. The highest BCUT2D eigenvalue weighted by atomic mass is 32.2. The SMILES string of the molecule is C#CCSCCNC1CCNC1. The van der Waals surface area contributed by atoms with E-state index in [1.807, 2.05) is 11.8 Å². The van der Waals surface area contributed by atoms with Crippen LogP contribution in [-0.2, 0) is 0 Å². The van der Waals surface area contributed by atoms with Crippen molar-refractivity contribution in [3.63, 3.8) is 0 Å². The predicted octanol–water partition coefficient (Wildman–Crippen LogP) is 0.304. The highest BCUT2D eigenvalue weighted by Gasteiger charge is 2.12. The normalized spacial score (nSPS) is 22.4. The molecule has 0 aromatic rings. The van der Waals surface area contributed by atoms with Crippen LogP contribution in [0.3, 0.4) is 0 Å². The summed E-state index contributed by atoms with van der Waals surface area (Å²) in [6.07, 6.45) is 6.40. The van der Waals surface area contributed by atoms with Gasteiger partial charge in [-0.25, -0.2) is 0 Å². The zero-order valence-electron chi connectivity index (χ0n) is 7.31. The molecular formula is C9H16N2S. The van der Waals surface area contributed by atoms with Crippen molar-refractivity contribution in [2.45, 2.75) is 12.5 Å². The largest absolute Gasteiger partial charge is 0.315 e. The van der Waals surface area contributed by atoms with Gasteiger partial charge in [-0.15, -0.1) is 18.2 Å². The fourth-order valence-corrected chi connectivity index (χ4v) is 1.82. The molecule has 0 aliphatic carbocycles. The highest BCUT2D eigenvalue weighted by molar-refractivity contribution is 7.99. The molecule has 68 valence electrons. The summed E-state index contributed by atoms with van der Waals surface area (Å²) in [5.74, 6) is 4.58. The first kappa shape index (κ1) is 9.91. The molecule has 2 N–H and O–H groups in total. The Morgan fingerprint density at radius 2 is 2.58 bits per heavy atom. The Bertz CT molecular complexity index is 147.